The molecule has 0 saturated heterocycles. The van der Waals surface area contributed by atoms with E-state index >= 15 is 0 Å². The number of carbonyl (C=O) groups excluding carboxylic acids is 6. The molecule has 0 radical (unpaired) electrons. The molecule has 27 heteroatoms. The van der Waals surface area contributed by atoms with Gasteiger partial charge in [-0.25, -0.2) is 0 Å². The van der Waals surface area contributed by atoms with Crippen LogP contribution in [0.1, 0.15) is 207 Å². The fraction of sp³-hybridized carbons (Fsp3) is 0.304. The zero-order valence-corrected chi connectivity index (χ0v) is 91.4. The lowest BCUT2D eigenvalue weighted by atomic mass is 10.0. The summed E-state index contributed by atoms with van der Waals surface area (Å²) in [5, 5.41) is 9.52. The first kappa shape index (κ1) is 114. The van der Waals surface area contributed by atoms with Crippen LogP contribution in [0.25, 0.3) is 0 Å². The molecule has 0 aliphatic heterocycles. The molecule has 1 fully saturated rings. The molecule has 12 aromatic carbocycles. The lowest BCUT2D eigenvalue weighted by molar-refractivity contribution is -0.135. The number of ether oxygens (including phenoxy) is 13. The minimum Gasteiger partial charge on any atom is -0.493 e. The molecule has 0 aromatic heterocycles. The van der Waals surface area contributed by atoms with Crippen LogP contribution in [-0.4, -0.2) is 47.5 Å². The molecule has 736 valence electrons. The van der Waals surface area contributed by atoms with E-state index in [2.05, 4.69) is 121 Å². The predicted octanol–water partition coefficient (Wildman–Crippen LogP) is 30.0. The smallest absolute Gasteiger partial charge is 0.310 e. The van der Waals surface area contributed by atoms with Crippen LogP contribution in [0.5, 0.6) is 74.7 Å². The molecule has 0 atom stereocenters. The van der Waals surface area contributed by atoms with Crippen molar-refractivity contribution in [1.29, 1.82) is 0 Å². The van der Waals surface area contributed by atoms with Crippen molar-refractivity contribution in [3.8, 4) is 74.7 Å². The highest BCUT2D eigenvalue weighted by molar-refractivity contribution is 9.11. The summed E-state index contributed by atoms with van der Waals surface area (Å²) in [7, 11) is 0. The quantitative estimate of drug-likeness (QED) is 0.0211. The Morgan fingerprint density at radius 2 is 0.525 bits per heavy atom. The van der Waals surface area contributed by atoms with E-state index in [-0.39, 0.29) is 62.1 Å². The lowest BCUT2D eigenvalue weighted by Crippen LogP contribution is -2.10. The molecule has 1 aliphatic rings. The van der Waals surface area contributed by atoms with E-state index in [0.717, 1.165) is 129 Å². The van der Waals surface area contributed by atoms with Gasteiger partial charge in [0.15, 0.2) is 0 Å². The second-order valence-corrected chi connectivity index (χ2v) is 37.4. The number of hydrogen-bond donors (Lipinski definition) is 2. The van der Waals surface area contributed by atoms with Crippen molar-refractivity contribution in [1.82, 2.24) is 0 Å². The standard InChI is InChI=1S/C20H21BrO3.C19H21BrO4.C19H21BrO3.C18H19BrO4.C18H19BrO3S.C18H19BrO3/c1-3-20(22)24-18-6-4-5-15(14-8-9-14)16(18)12-23-19-10-7-13(2)11-17(19)21;1-4-19(21)24-17-8-6-7-16(22-5-2)14(17)12-23-18-10-9-13(3)11-15(18)20;1-4-14-7-6-8-17(23-19(21)5-2)15(14)12-22-18-10-9-13(3)11-16(18)20;1-3-18(21)23-16-6-4-5-13(10-20)14(16)11-22-17-8-7-12(2)9-15(17)19;1-3-18(20)22-16-6-4-5-13(11-23)14(16)10-21-17-8-7-12(2)9-15(17)19;1-4-18(20)22-16-7-5-6-13(3)14(16)11-21-17-9-8-12(2)10-15(17)19/h4-7,10-11,14H,3,8-9,12H2,1-2H3;6-11H,4-5,12H2,1-3H3;6-11H,4-5,12H2,1-3H3;4-9,20H,3,10-11H2,1-2H3;4-9,23H,3,10-11H2,1-2H3;5-10H,4,11H2,1-3H3. The van der Waals surface area contributed by atoms with Crippen molar-refractivity contribution in [2.24, 2.45) is 0 Å². The highest BCUT2D eigenvalue weighted by Crippen LogP contribution is 2.45. The highest BCUT2D eigenvalue weighted by atomic mass is 79.9. The molecule has 1 saturated carbocycles. The van der Waals surface area contributed by atoms with Gasteiger partial charge in [0.2, 0.25) is 0 Å². The topological polar surface area (TPSA) is 243 Å². The summed E-state index contributed by atoms with van der Waals surface area (Å²) >= 11 is 25.4. The first-order chi connectivity index (χ1) is 66.8. The third-order valence-electron chi connectivity index (χ3n) is 21.2. The lowest BCUT2D eigenvalue weighted by Gasteiger charge is -2.16. The Bertz CT molecular complexity index is 5850. The second kappa shape index (κ2) is 59.1. The maximum Gasteiger partial charge on any atom is 0.310 e. The predicted molar refractivity (Wildman–Crippen MR) is 569 cm³/mol. The van der Waals surface area contributed by atoms with E-state index in [1.165, 1.54) is 24.0 Å². The van der Waals surface area contributed by atoms with Gasteiger partial charge in [0.1, 0.15) is 114 Å². The summed E-state index contributed by atoms with van der Waals surface area (Å²) in [4.78, 5) is 69.7. The Hall–Kier alpha value is -10.8. The Morgan fingerprint density at radius 1 is 0.281 bits per heavy atom. The summed E-state index contributed by atoms with van der Waals surface area (Å²) in [6, 6.07) is 69.0. The number of hydrogen-bond acceptors (Lipinski definition) is 21. The number of carbonyl (C=O) groups is 6. The molecule has 1 N–H and O–H groups in total. The summed E-state index contributed by atoms with van der Waals surface area (Å²) in [5.41, 5.74) is 17.0. The van der Waals surface area contributed by atoms with E-state index < -0.39 is 0 Å². The van der Waals surface area contributed by atoms with Crippen molar-refractivity contribution >= 4 is 144 Å². The van der Waals surface area contributed by atoms with Crippen LogP contribution in [0, 0.1) is 48.5 Å². The molecular formula is C112H120Br6O20S. The fourth-order valence-electron chi connectivity index (χ4n) is 13.3. The van der Waals surface area contributed by atoms with Crippen LogP contribution in [-0.2, 0) is 87.2 Å². The third-order valence-corrected chi connectivity index (χ3v) is 25.2. The van der Waals surface area contributed by atoms with Crippen LogP contribution in [0.4, 0.5) is 0 Å². The molecule has 0 unspecified atom stereocenters. The van der Waals surface area contributed by atoms with Crippen LogP contribution >= 0.6 is 108 Å². The molecule has 1 aliphatic carbocycles. The molecular weight excluding hydrogens is 2180 g/mol. The van der Waals surface area contributed by atoms with Crippen molar-refractivity contribution in [2.75, 3.05) is 6.61 Å². The summed E-state index contributed by atoms with van der Waals surface area (Å²) in [5.74, 6) is 7.86. The van der Waals surface area contributed by atoms with Crippen LogP contribution in [0.15, 0.2) is 245 Å². The van der Waals surface area contributed by atoms with Crippen molar-refractivity contribution in [3.63, 3.8) is 0 Å². The van der Waals surface area contributed by atoms with Gasteiger partial charge < -0.3 is 66.7 Å². The molecule has 0 bridgehead atoms. The summed E-state index contributed by atoms with van der Waals surface area (Å²) in [6.45, 7) is 30.9. The van der Waals surface area contributed by atoms with Gasteiger partial charge in [0.05, 0.1) is 45.6 Å². The molecule has 0 heterocycles. The minimum atomic E-state index is -0.321. The minimum absolute atomic E-state index is 0.148. The molecule has 13 rings (SSSR count). The zero-order chi connectivity index (χ0) is 101. The summed E-state index contributed by atoms with van der Waals surface area (Å²) in [6.07, 6.45) is 5.20. The van der Waals surface area contributed by atoms with E-state index in [9.17, 15) is 33.9 Å². The van der Waals surface area contributed by atoms with Crippen LogP contribution < -0.4 is 61.6 Å². The Balaban J connectivity index is 0.000000205. The number of halogens is 6. The van der Waals surface area contributed by atoms with Gasteiger partial charge >= 0.3 is 35.8 Å². The Labute approximate surface area is 872 Å². The number of esters is 6. The second-order valence-electron chi connectivity index (χ2n) is 32.0. The number of aliphatic hydroxyl groups is 1. The first-order valence-electron chi connectivity index (χ1n) is 45.8. The van der Waals surface area contributed by atoms with Gasteiger partial charge in [0, 0.05) is 72.1 Å². The van der Waals surface area contributed by atoms with Crippen molar-refractivity contribution < 1.29 is 95.5 Å². The normalized spacial score (nSPS) is 11.0. The first-order valence-corrected chi connectivity index (χ1v) is 51.2. The largest absolute Gasteiger partial charge is 0.493 e. The number of thiol groups is 1. The number of aliphatic hydroxyl groups excluding tert-OH is 1. The van der Waals surface area contributed by atoms with Crippen molar-refractivity contribution in [3.05, 3.63) is 340 Å². The van der Waals surface area contributed by atoms with Gasteiger partial charge in [0.25, 0.3) is 0 Å². The SMILES string of the molecule is CCC(=O)Oc1cccc(C)c1COc1ccc(C)cc1Br.CCC(=O)Oc1cccc(C2CC2)c1COc1ccc(C)cc1Br.CCC(=O)Oc1cccc(CC)c1COc1ccc(C)cc1Br.CCC(=O)Oc1cccc(CO)c1COc1ccc(C)cc1Br.CCC(=O)Oc1cccc(CS)c1COc1ccc(C)cc1Br.CCOc1cccc(OC(=O)CC)c1COc1ccc(C)cc1Br. The Kier molecular flexibility index (Phi) is 48.3. The van der Waals surface area contributed by atoms with E-state index in [1.54, 1.807) is 84.0 Å². The molecule has 12 aromatic rings. The van der Waals surface area contributed by atoms with Gasteiger partial charge in [-0.15, -0.1) is 0 Å². The zero-order valence-electron chi connectivity index (χ0n) is 81.0. The van der Waals surface area contributed by atoms with Gasteiger partial charge in [-0.1, -0.05) is 152 Å². The average Bonchev–Trinajstić information content (AvgIpc) is 1.68. The van der Waals surface area contributed by atoms with E-state index in [4.69, 9.17) is 61.6 Å². The molecule has 139 heavy (non-hydrogen) atoms. The maximum atomic E-state index is 11.7. The molecule has 20 nitrogen and oxygen atoms in total. The summed E-state index contributed by atoms with van der Waals surface area (Å²) < 4.78 is 79.0. The van der Waals surface area contributed by atoms with Crippen LogP contribution in [0.3, 0.4) is 0 Å². The third kappa shape index (κ3) is 36.7. The number of aryl methyl sites for hydroxylation is 8. The van der Waals surface area contributed by atoms with Crippen LogP contribution in [0.2, 0.25) is 0 Å². The number of rotatable bonds is 36. The monoisotopic (exact) mass is 2290 g/mol. The number of benzene rings is 12. The average molecular weight is 2300 g/mol. The van der Waals surface area contributed by atoms with Gasteiger partial charge in [-0.2, -0.15) is 12.6 Å². The highest BCUT2D eigenvalue weighted by Gasteiger charge is 2.29. The fourth-order valence-corrected chi connectivity index (χ4v) is 17.2. The molecule has 0 amide bonds. The molecule has 0 spiro atoms. The Morgan fingerprint density at radius 3 is 0.820 bits per heavy atom. The van der Waals surface area contributed by atoms with Crippen molar-refractivity contribution in [2.45, 2.75) is 220 Å². The van der Waals surface area contributed by atoms with Gasteiger partial charge in [-0.3, -0.25) is 28.8 Å². The van der Waals surface area contributed by atoms with E-state index in [1.807, 2.05) is 225 Å². The van der Waals surface area contributed by atoms with E-state index in [0.29, 0.717) is 139 Å². The van der Waals surface area contributed by atoms with Gasteiger partial charge in [-0.05, 0) is 353 Å². The maximum absolute atomic E-state index is 11.7.